The van der Waals surface area contributed by atoms with Crippen LogP contribution in [0.1, 0.15) is 77.8 Å². The summed E-state index contributed by atoms with van der Waals surface area (Å²) in [4.78, 5) is 38.0. The highest BCUT2D eigenvalue weighted by Gasteiger charge is 2.40. The van der Waals surface area contributed by atoms with Crippen LogP contribution in [0.2, 0.25) is 0 Å². The number of carbonyl (C=O) groups is 1. The van der Waals surface area contributed by atoms with Crippen molar-refractivity contribution >= 4 is 11.9 Å². The highest BCUT2D eigenvalue weighted by molar-refractivity contribution is 5.96. The standard InChI is InChI=1S/C25H42N6O6/c1-5-6-12-30-21(32)18(20(26)27)22(33)31(24(30)35)16-9-7-15(8-10-16)19-17(14-37-19)28-11-13-36-23(34)29-25(2,3)4/h15-17,19,28,32H,5-14H2,1-4H3,(H3,26,27)(H,29,34)/t15?,16?,17-,19-/m0/s1. The van der Waals surface area contributed by atoms with Gasteiger partial charge in [-0.25, -0.2) is 9.59 Å². The van der Waals surface area contributed by atoms with Gasteiger partial charge in [0.1, 0.15) is 18.0 Å². The fourth-order valence-electron chi connectivity index (χ4n) is 5.10. The number of amidine groups is 1. The predicted octanol–water partition coefficient (Wildman–Crippen LogP) is 1.41. The first kappa shape index (κ1) is 28.7. The Morgan fingerprint density at radius 1 is 1.24 bits per heavy atom. The lowest BCUT2D eigenvalue weighted by molar-refractivity contribution is -0.126. The number of nitrogen functional groups attached to an aromatic ring is 1. The Hall–Kier alpha value is -2.86. The Kier molecular flexibility index (Phi) is 9.41. The summed E-state index contributed by atoms with van der Waals surface area (Å²) < 4.78 is 13.4. The smallest absolute Gasteiger partial charge is 0.407 e. The number of hydrogen-bond acceptors (Lipinski definition) is 8. The molecule has 1 amide bonds. The molecule has 2 fully saturated rings. The Bertz CT molecular complexity index is 1080. The van der Waals surface area contributed by atoms with Crippen LogP contribution >= 0.6 is 0 Å². The highest BCUT2D eigenvalue weighted by Crippen LogP contribution is 2.37. The summed E-state index contributed by atoms with van der Waals surface area (Å²) in [5, 5.41) is 24.4. The fraction of sp³-hybridized carbons (Fsp3) is 0.760. The van der Waals surface area contributed by atoms with Gasteiger partial charge in [-0.3, -0.25) is 19.3 Å². The van der Waals surface area contributed by atoms with Crippen LogP contribution in [0, 0.1) is 11.3 Å². The molecule has 1 saturated heterocycles. The lowest BCUT2D eigenvalue weighted by Gasteiger charge is -2.44. The molecule has 12 nitrogen and oxygen atoms in total. The Balaban J connectivity index is 1.59. The van der Waals surface area contributed by atoms with Crippen molar-refractivity contribution in [2.75, 3.05) is 19.8 Å². The summed E-state index contributed by atoms with van der Waals surface area (Å²) in [6.45, 7) is 9.24. The number of rotatable bonds is 10. The lowest BCUT2D eigenvalue weighted by atomic mass is 9.78. The number of carbonyl (C=O) groups excluding carboxylic acids is 1. The largest absolute Gasteiger partial charge is 0.494 e. The molecule has 3 rings (SSSR count). The van der Waals surface area contributed by atoms with Gasteiger partial charge in [0.25, 0.3) is 5.56 Å². The molecule has 1 saturated carbocycles. The van der Waals surface area contributed by atoms with Crippen molar-refractivity contribution in [3.63, 3.8) is 0 Å². The third-order valence-electron chi connectivity index (χ3n) is 7.01. The summed E-state index contributed by atoms with van der Waals surface area (Å²) in [6.07, 6.45) is 3.80. The van der Waals surface area contributed by atoms with E-state index in [1.165, 1.54) is 4.57 Å². The summed E-state index contributed by atoms with van der Waals surface area (Å²) in [5.41, 5.74) is 3.67. The van der Waals surface area contributed by atoms with Crippen LogP contribution in [0.4, 0.5) is 4.79 Å². The van der Waals surface area contributed by atoms with E-state index in [0.29, 0.717) is 32.4 Å². The van der Waals surface area contributed by atoms with E-state index >= 15 is 0 Å². The zero-order valence-corrected chi connectivity index (χ0v) is 22.3. The van der Waals surface area contributed by atoms with Gasteiger partial charge in [0.15, 0.2) is 0 Å². The Morgan fingerprint density at radius 2 is 1.92 bits per heavy atom. The maximum atomic E-state index is 13.2. The number of unbranched alkanes of at least 4 members (excludes halogenated alkanes) is 1. The normalized spacial score (nSPS) is 23.8. The molecule has 6 N–H and O–H groups in total. The van der Waals surface area contributed by atoms with E-state index in [1.807, 2.05) is 27.7 Å². The number of aromatic hydroxyl groups is 1. The Labute approximate surface area is 217 Å². The lowest BCUT2D eigenvalue weighted by Crippen LogP contribution is -2.58. The molecule has 2 atom stereocenters. The van der Waals surface area contributed by atoms with Crippen molar-refractivity contribution in [2.45, 2.75) is 96.5 Å². The number of ether oxygens (including phenoxy) is 2. The number of nitrogens with zero attached hydrogens (tertiary/aromatic N) is 2. The number of aromatic nitrogens is 2. The van der Waals surface area contributed by atoms with Crippen molar-refractivity contribution in [1.82, 2.24) is 19.8 Å². The first-order valence-electron chi connectivity index (χ1n) is 13.2. The minimum Gasteiger partial charge on any atom is -0.494 e. The zero-order chi connectivity index (χ0) is 27.3. The van der Waals surface area contributed by atoms with Crippen LogP contribution in [-0.4, -0.2) is 63.6 Å². The minimum absolute atomic E-state index is 0.0230. The second-order valence-electron chi connectivity index (χ2n) is 11.0. The van der Waals surface area contributed by atoms with E-state index in [9.17, 15) is 19.5 Å². The molecule has 1 aromatic heterocycles. The molecule has 2 aliphatic rings. The van der Waals surface area contributed by atoms with Crippen molar-refractivity contribution in [3.8, 4) is 5.88 Å². The van der Waals surface area contributed by atoms with Crippen LogP contribution in [0.5, 0.6) is 5.88 Å². The molecule has 37 heavy (non-hydrogen) atoms. The molecule has 0 aromatic carbocycles. The van der Waals surface area contributed by atoms with E-state index in [4.69, 9.17) is 20.6 Å². The summed E-state index contributed by atoms with van der Waals surface area (Å²) in [5.74, 6) is -0.806. The first-order valence-corrected chi connectivity index (χ1v) is 13.2. The van der Waals surface area contributed by atoms with Gasteiger partial charge in [-0.2, -0.15) is 0 Å². The van der Waals surface area contributed by atoms with Gasteiger partial charge in [-0.15, -0.1) is 0 Å². The zero-order valence-electron chi connectivity index (χ0n) is 22.3. The molecule has 0 unspecified atom stereocenters. The van der Waals surface area contributed by atoms with Crippen molar-refractivity contribution in [3.05, 3.63) is 26.4 Å². The summed E-state index contributed by atoms with van der Waals surface area (Å²) in [6, 6.07) is -0.174. The van der Waals surface area contributed by atoms with Crippen LogP contribution < -0.4 is 27.6 Å². The van der Waals surface area contributed by atoms with Gasteiger partial charge in [-0.05, 0) is 58.8 Å². The predicted molar refractivity (Wildman–Crippen MR) is 139 cm³/mol. The van der Waals surface area contributed by atoms with Crippen molar-refractivity contribution < 1.29 is 19.4 Å². The molecule has 208 valence electrons. The summed E-state index contributed by atoms with van der Waals surface area (Å²) >= 11 is 0. The van der Waals surface area contributed by atoms with Crippen LogP contribution in [-0.2, 0) is 16.0 Å². The maximum absolute atomic E-state index is 13.2. The number of alkyl carbamates (subject to hydrolysis) is 1. The van der Waals surface area contributed by atoms with Gasteiger partial charge >= 0.3 is 11.8 Å². The highest BCUT2D eigenvalue weighted by atomic mass is 16.5. The molecule has 1 aliphatic heterocycles. The number of nitrogens with one attached hydrogen (secondary N) is 3. The number of nitrogens with two attached hydrogens (primary N) is 1. The monoisotopic (exact) mass is 522 g/mol. The second kappa shape index (κ2) is 12.1. The molecule has 0 radical (unpaired) electrons. The molecular weight excluding hydrogens is 480 g/mol. The molecule has 12 heteroatoms. The number of amides is 1. The van der Waals surface area contributed by atoms with Crippen molar-refractivity contribution in [1.29, 1.82) is 5.41 Å². The molecule has 0 bridgehead atoms. The van der Waals surface area contributed by atoms with Gasteiger partial charge in [0.05, 0.1) is 18.8 Å². The van der Waals surface area contributed by atoms with Crippen LogP contribution in [0.15, 0.2) is 9.59 Å². The maximum Gasteiger partial charge on any atom is 0.407 e. The quantitative estimate of drug-likeness (QED) is 0.174. The fourth-order valence-corrected chi connectivity index (χ4v) is 5.10. The van der Waals surface area contributed by atoms with Gasteiger partial charge in [0, 0.05) is 24.7 Å². The first-order chi connectivity index (χ1) is 17.4. The third kappa shape index (κ3) is 6.92. The van der Waals surface area contributed by atoms with E-state index in [1.54, 1.807) is 0 Å². The van der Waals surface area contributed by atoms with E-state index in [2.05, 4.69) is 10.6 Å². The van der Waals surface area contributed by atoms with Gasteiger partial charge in [0.2, 0.25) is 5.88 Å². The Morgan fingerprint density at radius 3 is 2.46 bits per heavy atom. The summed E-state index contributed by atoms with van der Waals surface area (Å²) in [7, 11) is 0. The molecular formula is C25H42N6O6. The third-order valence-corrected chi connectivity index (χ3v) is 7.01. The molecule has 2 heterocycles. The SMILES string of the molecule is CCCCn1c(O)c(C(=N)N)c(=O)n(C2CCC([C@@H]3OC[C@@H]3NCCOC(=O)NC(C)(C)C)CC2)c1=O. The van der Waals surface area contributed by atoms with E-state index in [0.717, 1.165) is 23.8 Å². The van der Waals surface area contributed by atoms with Crippen LogP contribution in [0.25, 0.3) is 0 Å². The second-order valence-corrected chi connectivity index (χ2v) is 11.0. The topological polar surface area (TPSA) is 174 Å². The average molecular weight is 523 g/mol. The molecule has 1 aliphatic carbocycles. The van der Waals surface area contributed by atoms with Gasteiger partial charge < -0.3 is 30.9 Å². The van der Waals surface area contributed by atoms with Crippen LogP contribution in [0.3, 0.4) is 0 Å². The minimum atomic E-state index is -0.707. The number of hydrogen-bond donors (Lipinski definition) is 5. The van der Waals surface area contributed by atoms with E-state index in [-0.39, 0.29) is 48.4 Å². The molecule has 0 spiro atoms. The van der Waals surface area contributed by atoms with Crippen molar-refractivity contribution in [2.24, 2.45) is 11.7 Å². The molecule has 1 aromatic rings. The van der Waals surface area contributed by atoms with Gasteiger partial charge in [-0.1, -0.05) is 13.3 Å². The average Bonchev–Trinajstić information content (AvgIpc) is 2.77. The van der Waals surface area contributed by atoms with E-state index < -0.39 is 29.1 Å².